The van der Waals surface area contributed by atoms with Crippen molar-refractivity contribution >= 4 is 11.8 Å². The molecule has 4 heteroatoms. The van der Waals surface area contributed by atoms with Crippen LogP contribution in [0.3, 0.4) is 0 Å². The smallest absolute Gasteiger partial charge is 0.187 e. The maximum absolute atomic E-state index is 10.3. The Morgan fingerprint density at radius 2 is 1.74 bits per heavy atom. The molecule has 0 aliphatic carbocycles. The van der Waals surface area contributed by atoms with Gasteiger partial charge in [-0.1, -0.05) is 44.4 Å². The quantitative estimate of drug-likeness (QED) is 0.345. The van der Waals surface area contributed by atoms with Gasteiger partial charge in [-0.25, -0.2) is 15.1 Å². The number of nitrogens with zero attached hydrogens (tertiary/aromatic N) is 2. The van der Waals surface area contributed by atoms with Crippen molar-refractivity contribution in [3.8, 4) is 0 Å². The molecule has 0 amide bonds. The van der Waals surface area contributed by atoms with Crippen LogP contribution in [0.25, 0.3) is 0 Å². The first kappa shape index (κ1) is 16.4. The van der Waals surface area contributed by atoms with Crippen LogP contribution in [0.1, 0.15) is 57.4 Å². The highest BCUT2D eigenvalue weighted by Crippen LogP contribution is 2.15. The molecule has 0 aliphatic rings. The molecule has 0 atom stereocenters. The molecule has 1 rings (SSSR count). The van der Waals surface area contributed by atoms with E-state index in [-0.39, 0.29) is 6.61 Å². The average Bonchev–Trinajstić information content (AvgIpc) is 2.45. The van der Waals surface area contributed by atoms with Gasteiger partial charge in [0.1, 0.15) is 0 Å². The zero-order valence-electron chi connectivity index (χ0n) is 11.9. The van der Waals surface area contributed by atoms with Crippen LogP contribution in [0.5, 0.6) is 0 Å². The first-order valence-corrected chi connectivity index (χ1v) is 8.37. The van der Waals surface area contributed by atoms with E-state index in [4.69, 9.17) is 0 Å². The minimum Gasteiger partial charge on any atom is -0.237 e. The minimum atomic E-state index is 0.0495. The molecule has 0 unspecified atom stereocenters. The summed E-state index contributed by atoms with van der Waals surface area (Å²) in [4.78, 5) is 8.77. The van der Waals surface area contributed by atoms with Gasteiger partial charge in [-0.2, -0.15) is 0 Å². The van der Waals surface area contributed by atoms with Crippen LogP contribution in [0.4, 0.5) is 0 Å². The Labute approximate surface area is 121 Å². The van der Waals surface area contributed by atoms with Crippen LogP contribution in [-0.4, -0.2) is 22.3 Å². The predicted octanol–water partition coefficient (Wildman–Crippen LogP) is 4.29. The predicted molar refractivity (Wildman–Crippen MR) is 80.0 cm³/mol. The molecular formula is C15H25N2OS. The number of aromatic nitrogens is 2. The van der Waals surface area contributed by atoms with Gasteiger partial charge in [-0.3, -0.25) is 0 Å². The maximum Gasteiger partial charge on any atom is 0.187 e. The van der Waals surface area contributed by atoms with E-state index in [1.54, 1.807) is 11.8 Å². The third-order valence-corrected chi connectivity index (χ3v) is 3.98. The highest BCUT2D eigenvalue weighted by atomic mass is 32.2. The van der Waals surface area contributed by atoms with Crippen LogP contribution < -0.4 is 0 Å². The molecular weight excluding hydrogens is 256 g/mol. The Bertz CT molecular complexity index is 316. The highest BCUT2D eigenvalue weighted by molar-refractivity contribution is 7.99. The average molecular weight is 281 g/mol. The second-order valence-electron chi connectivity index (χ2n) is 4.80. The lowest BCUT2D eigenvalue weighted by Gasteiger charge is -2.02. The summed E-state index contributed by atoms with van der Waals surface area (Å²) in [7, 11) is 0. The van der Waals surface area contributed by atoms with Crippen molar-refractivity contribution in [1.29, 1.82) is 0 Å². The lowest BCUT2D eigenvalue weighted by Crippen LogP contribution is -1.93. The Hall–Kier alpha value is -0.610. The molecule has 0 saturated carbocycles. The van der Waals surface area contributed by atoms with Crippen LogP contribution in [0.15, 0.2) is 17.6 Å². The molecule has 1 aromatic heterocycles. The molecule has 0 fully saturated rings. The van der Waals surface area contributed by atoms with Crippen molar-refractivity contribution in [2.24, 2.45) is 0 Å². The third-order valence-electron chi connectivity index (χ3n) is 3.02. The molecule has 1 heterocycles. The number of hydrogen-bond acceptors (Lipinski definition) is 3. The Balaban J connectivity index is 2.16. The lowest BCUT2D eigenvalue weighted by molar-refractivity contribution is 0.186. The number of aryl methyl sites for hydroxylation is 1. The topological polar surface area (TPSA) is 45.7 Å². The fourth-order valence-electron chi connectivity index (χ4n) is 1.85. The van der Waals surface area contributed by atoms with Crippen molar-refractivity contribution in [1.82, 2.24) is 9.97 Å². The molecule has 19 heavy (non-hydrogen) atoms. The number of thioether (sulfide) groups is 1. The molecule has 1 radical (unpaired) electrons. The zero-order chi connectivity index (χ0) is 13.8. The SMILES string of the molecule is CCCCCCc1cnc(SCCCCC[O])nc1. The van der Waals surface area contributed by atoms with E-state index in [9.17, 15) is 5.11 Å². The summed E-state index contributed by atoms with van der Waals surface area (Å²) in [6.07, 6.45) is 13.0. The molecule has 0 aromatic carbocycles. The van der Waals surface area contributed by atoms with Crippen molar-refractivity contribution in [2.75, 3.05) is 12.4 Å². The molecule has 107 valence electrons. The van der Waals surface area contributed by atoms with Gasteiger partial charge < -0.3 is 0 Å². The summed E-state index contributed by atoms with van der Waals surface area (Å²) in [6.45, 7) is 2.28. The van der Waals surface area contributed by atoms with E-state index in [0.717, 1.165) is 36.6 Å². The van der Waals surface area contributed by atoms with Gasteiger partial charge in [0.2, 0.25) is 0 Å². The van der Waals surface area contributed by atoms with Gasteiger partial charge in [0, 0.05) is 18.1 Å². The van der Waals surface area contributed by atoms with Crippen molar-refractivity contribution in [3.63, 3.8) is 0 Å². The molecule has 0 bridgehead atoms. The number of hydrogen-bond donors (Lipinski definition) is 0. The van der Waals surface area contributed by atoms with E-state index in [1.165, 1.54) is 31.2 Å². The van der Waals surface area contributed by atoms with E-state index >= 15 is 0 Å². The van der Waals surface area contributed by atoms with Crippen molar-refractivity contribution < 1.29 is 5.11 Å². The van der Waals surface area contributed by atoms with E-state index in [0.29, 0.717) is 0 Å². The van der Waals surface area contributed by atoms with Crippen LogP contribution in [0, 0.1) is 0 Å². The van der Waals surface area contributed by atoms with Gasteiger partial charge in [0.05, 0.1) is 6.61 Å². The molecule has 1 aromatic rings. The monoisotopic (exact) mass is 281 g/mol. The minimum absolute atomic E-state index is 0.0495. The molecule has 0 N–H and O–H groups in total. The molecule has 0 aliphatic heterocycles. The van der Waals surface area contributed by atoms with Crippen LogP contribution in [0.2, 0.25) is 0 Å². The largest absolute Gasteiger partial charge is 0.237 e. The molecule has 3 nitrogen and oxygen atoms in total. The Morgan fingerprint density at radius 3 is 2.42 bits per heavy atom. The first-order chi connectivity index (χ1) is 9.36. The van der Waals surface area contributed by atoms with Gasteiger partial charge in [0.25, 0.3) is 0 Å². The van der Waals surface area contributed by atoms with Gasteiger partial charge in [0.15, 0.2) is 5.16 Å². The molecule has 0 spiro atoms. The fraction of sp³-hybridized carbons (Fsp3) is 0.733. The van der Waals surface area contributed by atoms with Crippen LogP contribution >= 0.6 is 11.8 Å². The molecule has 0 saturated heterocycles. The summed E-state index contributed by atoms with van der Waals surface area (Å²) in [5.74, 6) is 1.01. The van der Waals surface area contributed by atoms with Gasteiger partial charge in [-0.05, 0) is 31.2 Å². The summed E-state index contributed by atoms with van der Waals surface area (Å²) in [5.41, 5.74) is 1.24. The summed E-state index contributed by atoms with van der Waals surface area (Å²) >= 11 is 1.69. The Morgan fingerprint density at radius 1 is 1.00 bits per heavy atom. The van der Waals surface area contributed by atoms with Gasteiger partial charge >= 0.3 is 0 Å². The van der Waals surface area contributed by atoms with Crippen molar-refractivity contribution in [3.05, 3.63) is 18.0 Å². The summed E-state index contributed by atoms with van der Waals surface area (Å²) in [6, 6.07) is 0. The highest BCUT2D eigenvalue weighted by Gasteiger charge is 1.99. The number of rotatable bonds is 11. The normalized spacial score (nSPS) is 10.8. The van der Waals surface area contributed by atoms with Crippen molar-refractivity contribution in [2.45, 2.75) is 63.4 Å². The van der Waals surface area contributed by atoms with Gasteiger partial charge in [-0.15, -0.1) is 0 Å². The second kappa shape index (κ2) is 11.2. The standard InChI is InChI=1S/C15H25N2OS/c1-2-3-4-6-9-14-12-16-15(17-13-14)19-11-8-5-7-10-18/h12-13H,2-11H2,1H3. The Kier molecular flexibility index (Phi) is 9.72. The number of unbranched alkanes of at least 4 members (excludes halogenated alkanes) is 5. The second-order valence-corrected chi connectivity index (χ2v) is 5.86. The van der Waals surface area contributed by atoms with E-state index < -0.39 is 0 Å². The summed E-state index contributed by atoms with van der Waals surface area (Å²) in [5, 5.41) is 11.2. The van der Waals surface area contributed by atoms with E-state index in [1.807, 2.05) is 12.4 Å². The lowest BCUT2D eigenvalue weighted by atomic mass is 10.1. The van der Waals surface area contributed by atoms with E-state index in [2.05, 4.69) is 16.9 Å². The first-order valence-electron chi connectivity index (χ1n) is 7.38. The third kappa shape index (κ3) is 8.22. The maximum atomic E-state index is 10.3. The zero-order valence-corrected chi connectivity index (χ0v) is 12.8. The fourth-order valence-corrected chi connectivity index (χ4v) is 2.63. The summed E-state index contributed by atoms with van der Waals surface area (Å²) < 4.78 is 0. The van der Waals surface area contributed by atoms with Crippen LogP contribution in [-0.2, 0) is 11.5 Å².